The lowest BCUT2D eigenvalue weighted by molar-refractivity contribution is 0.673. The highest BCUT2D eigenvalue weighted by molar-refractivity contribution is 8.00. The second-order valence-electron chi connectivity index (χ2n) is 15.0. The lowest BCUT2D eigenvalue weighted by Gasteiger charge is -2.35. The molecule has 6 heteroatoms. The average molecular weight is 748 g/mol. The first-order valence-electron chi connectivity index (χ1n) is 19.5. The molecule has 0 radical (unpaired) electrons. The van der Waals surface area contributed by atoms with E-state index in [4.69, 9.17) is 4.42 Å². The number of rotatable bonds is 6. The Hall–Kier alpha value is -6.89. The van der Waals surface area contributed by atoms with Gasteiger partial charge in [0.05, 0.1) is 16.6 Å². The van der Waals surface area contributed by atoms with Gasteiger partial charge in [0.1, 0.15) is 11.1 Å². The summed E-state index contributed by atoms with van der Waals surface area (Å²) in [5.74, 6) is 0. The van der Waals surface area contributed by atoms with Crippen LogP contribution in [0, 0.1) is 6.92 Å². The molecule has 0 N–H and O–H groups in total. The summed E-state index contributed by atoms with van der Waals surface area (Å²) in [6.07, 6.45) is 0. The fraction of sp³-hybridized carbons (Fsp3) is 0.0196. The van der Waals surface area contributed by atoms with Gasteiger partial charge in [0.2, 0.25) is 6.71 Å². The molecule has 8 aromatic carbocycles. The minimum Gasteiger partial charge on any atom is -0.454 e. The highest BCUT2D eigenvalue weighted by Gasteiger charge is 2.41. The first kappa shape index (κ1) is 32.4. The van der Waals surface area contributed by atoms with Crippen LogP contribution in [-0.4, -0.2) is 11.3 Å². The van der Waals surface area contributed by atoms with Gasteiger partial charge in [0, 0.05) is 49.3 Å². The molecule has 0 amide bonds. The predicted octanol–water partition coefficient (Wildman–Crippen LogP) is 12.1. The molecule has 0 saturated carbocycles. The number of benzene rings is 8. The Morgan fingerprint density at radius 2 is 1.09 bits per heavy atom. The van der Waals surface area contributed by atoms with Crippen molar-refractivity contribution >= 4 is 102 Å². The molecule has 2 aromatic heterocycles. The highest BCUT2D eigenvalue weighted by atomic mass is 32.2. The van der Waals surface area contributed by atoms with Gasteiger partial charge in [-0.05, 0) is 114 Å². The molecular formula is C51H34BN3OS. The molecular weight excluding hydrogens is 713 g/mol. The fourth-order valence-corrected chi connectivity index (χ4v) is 10.6. The van der Waals surface area contributed by atoms with Gasteiger partial charge in [-0.1, -0.05) is 114 Å². The van der Waals surface area contributed by atoms with E-state index < -0.39 is 0 Å². The van der Waals surface area contributed by atoms with E-state index in [1.165, 1.54) is 42.9 Å². The van der Waals surface area contributed by atoms with Crippen LogP contribution in [0.1, 0.15) is 5.56 Å². The zero-order valence-corrected chi connectivity index (χ0v) is 31.9. The van der Waals surface area contributed by atoms with Crippen molar-refractivity contribution in [3.8, 4) is 5.69 Å². The van der Waals surface area contributed by atoms with Crippen molar-refractivity contribution in [3.63, 3.8) is 0 Å². The molecule has 2 aliphatic heterocycles. The molecule has 0 saturated heterocycles. The van der Waals surface area contributed by atoms with Crippen LogP contribution < -0.4 is 26.2 Å². The summed E-state index contributed by atoms with van der Waals surface area (Å²) >= 11 is 1.89. The number of aromatic nitrogens is 1. The van der Waals surface area contributed by atoms with Gasteiger partial charge in [-0.3, -0.25) is 0 Å². The second kappa shape index (κ2) is 12.6. The summed E-state index contributed by atoms with van der Waals surface area (Å²) in [5, 5.41) is 2.24. The van der Waals surface area contributed by atoms with Gasteiger partial charge < -0.3 is 18.8 Å². The van der Waals surface area contributed by atoms with Crippen molar-refractivity contribution < 1.29 is 4.42 Å². The third kappa shape index (κ3) is 4.84. The minimum atomic E-state index is 0.0408. The Labute approximate surface area is 335 Å². The molecule has 0 bridgehead atoms. The van der Waals surface area contributed by atoms with Crippen LogP contribution in [0.5, 0.6) is 0 Å². The topological polar surface area (TPSA) is 24.6 Å². The smallest absolute Gasteiger partial charge is 0.249 e. The first-order valence-corrected chi connectivity index (χ1v) is 20.3. The standard InChI is InChI=1S/C51H34BN3OS/c1-33-30-43-48-46(31-33)57-45-32-38(53(34-16-6-2-7-17-34)35-18-8-3-9-19-35)26-27-40(45)52(48)41-28-29-42(54(36-20-10-4-11-21-36)37-22-12-5-13-23-37)47-50(41)55(43)49-39-24-14-15-25-44(39)56-51(47)49/h2-32H,1H3. The van der Waals surface area contributed by atoms with Crippen molar-refractivity contribution in [3.05, 3.63) is 194 Å². The van der Waals surface area contributed by atoms with Crippen molar-refractivity contribution in [2.45, 2.75) is 16.7 Å². The van der Waals surface area contributed by atoms with Gasteiger partial charge >= 0.3 is 0 Å². The lowest BCUT2D eigenvalue weighted by atomic mass is 9.35. The maximum Gasteiger partial charge on any atom is 0.249 e. The van der Waals surface area contributed by atoms with Crippen LogP contribution in [0.15, 0.2) is 202 Å². The largest absolute Gasteiger partial charge is 0.454 e. The average Bonchev–Trinajstić information content (AvgIpc) is 3.80. The zero-order chi connectivity index (χ0) is 37.6. The Kier molecular flexibility index (Phi) is 7.14. The molecule has 4 heterocycles. The van der Waals surface area contributed by atoms with E-state index in [0.717, 1.165) is 61.6 Å². The first-order chi connectivity index (χ1) is 28.2. The van der Waals surface area contributed by atoms with E-state index >= 15 is 0 Å². The van der Waals surface area contributed by atoms with Crippen molar-refractivity contribution in [2.24, 2.45) is 0 Å². The molecule has 268 valence electrons. The molecule has 0 aliphatic carbocycles. The number of fused-ring (bicyclic) bond motifs is 9. The zero-order valence-electron chi connectivity index (χ0n) is 31.1. The molecule has 0 unspecified atom stereocenters. The van der Waals surface area contributed by atoms with E-state index in [-0.39, 0.29) is 6.71 Å². The van der Waals surface area contributed by atoms with E-state index in [1.54, 1.807) is 0 Å². The van der Waals surface area contributed by atoms with Gasteiger partial charge in [-0.25, -0.2) is 0 Å². The summed E-state index contributed by atoms with van der Waals surface area (Å²) in [7, 11) is 0. The van der Waals surface area contributed by atoms with Crippen LogP contribution in [0.4, 0.5) is 34.1 Å². The number of anilines is 6. The van der Waals surface area contributed by atoms with E-state index in [2.05, 4.69) is 209 Å². The van der Waals surface area contributed by atoms with Crippen LogP contribution in [0.2, 0.25) is 0 Å². The maximum absolute atomic E-state index is 6.99. The third-order valence-electron chi connectivity index (χ3n) is 11.6. The Morgan fingerprint density at radius 1 is 0.509 bits per heavy atom. The second-order valence-corrected chi connectivity index (χ2v) is 16.1. The van der Waals surface area contributed by atoms with Crippen molar-refractivity contribution in [2.75, 3.05) is 9.80 Å². The SMILES string of the molecule is Cc1cc2c3c(c1)-n1c4c(ccc(N(c5ccccc5)c5ccccc5)c4c4oc5ccccc5c41)B3c1ccc(N(c3ccccc3)c3ccccc3)cc1S2. The quantitative estimate of drug-likeness (QED) is 0.158. The van der Waals surface area contributed by atoms with Crippen LogP contribution in [-0.2, 0) is 0 Å². The van der Waals surface area contributed by atoms with Crippen molar-refractivity contribution in [1.82, 2.24) is 4.57 Å². The van der Waals surface area contributed by atoms with Crippen LogP contribution in [0.25, 0.3) is 38.7 Å². The number of furan rings is 1. The van der Waals surface area contributed by atoms with Crippen LogP contribution in [0.3, 0.4) is 0 Å². The Bertz CT molecular complexity index is 3100. The van der Waals surface area contributed by atoms with Gasteiger partial charge in [0.25, 0.3) is 0 Å². The number of nitrogens with zero attached hydrogens (tertiary/aromatic N) is 3. The molecule has 0 atom stereocenters. The van der Waals surface area contributed by atoms with Gasteiger partial charge in [0.15, 0.2) is 5.58 Å². The van der Waals surface area contributed by atoms with Crippen LogP contribution >= 0.6 is 11.8 Å². The van der Waals surface area contributed by atoms with Gasteiger partial charge in [-0.2, -0.15) is 0 Å². The van der Waals surface area contributed by atoms with E-state index in [9.17, 15) is 0 Å². The van der Waals surface area contributed by atoms with E-state index in [0.29, 0.717) is 0 Å². The fourth-order valence-electron chi connectivity index (χ4n) is 9.33. The number of para-hydroxylation sites is 5. The Balaban J connectivity index is 1.15. The summed E-state index contributed by atoms with van der Waals surface area (Å²) < 4.78 is 9.52. The summed E-state index contributed by atoms with van der Waals surface area (Å²) in [5.41, 5.74) is 17.3. The summed E-state index contributed by atoms with van der Waals surface area (Å²) in [4.78, 5) is 7.32. The summed E-state index contributed by atoms with van der Waals surface area (Å²) in [6, 6.07) is 67.8. The van der Waals surface area contributed by atoms with Crippen molar-refractivity contribution in [1.29, 1.82) is 0 Å². The molecule has 0 fully saturated rings. The maximum atomic E-state index is 6.99. The summed E-state index contributed by atoms with van der Waals surface area (Å²) in [6.45, 7) is 2.27. The molecule has 0 spiro atoms. The monoisotopic (exact) mass is 747 g/mol. The number of hydrogen-bond donors (Lipinski definition) is 0. The highest BCUT2D eigenvalue weighted by Crippen LogP contribution is 2.48. The molecule has 2 aliphatic rings. The normalized spacial score (nSPS) is 12.5. The number of hydrogen-bond acceptors (Lipinski definition) is 4. The van der Waals surface area contributed by atoms with E-state index in [1.807, 2.05) is 11.8 Å². The minimum absolute atomic E-state index is 0.0408. The lowest BCUT2D eigenvalue weighted by Crippen LogP contribution is -2.58. The Morgan fingerprint density at radius 3 is 1.74 bits per heavy atom. The number of aryl methyl sites for hydroxylation is 1. The molecule has 10 aromatic rings. The third-order valence-corrected chi connectivity index (χ3v) is 12.8. The predicted molar refractivity (Wildman–Crippen MR) is 240 cm³/mol. The molecule has 57 heavy (non-hydrogen) atoms. The van der Waals surface area contributed by atoms with Gasteiger partial charge in [-0.15, -0.1) is 0 Å². The molecule has 12 rings (SSSR count). The molecule has 4 nitrogen and oxygen atoms in total.